The Morgan fingerprint density at radius 3 is 2.23 bits per heavy atom. The van der Waals surface area contributed by atoms with Gasteiger partial charge in [0.25, 0.3) is 5.91 Å². The van der Waals surface area contributed by atoms with E-state index in [0.29, 0.717) is 5.56 Å². The zero-order valence-corrected chi connectivity index (χ0v) is 12.7. The second kappa shape index (κ2) is 5.78. The summed E-state index contributed by atoms with van der Waals surface area (Å²) in [7, 11) is -3.47. The van der Waals surface area contributed by atoms with Gasteiger partial charge in [0, 0.05) is 5.69 Å². The smallest absolute Gasteiger partial charge is 0.258 e. The maximum absolute atomic E-state index is 11.9. The molecule has 0 spiro atoms. The van der Waals surface area contributed by atoms with Crippen molar-refractivity contribution >= 4 is 21.6 Å². The monoisotopic (exact) mass is 320 g/mol. The summed E-state index contributed by atoms with van der Waals surface area (Å²) in [4.78, 5) is 11.9. The molecule has 0 aromatic heterocycles. The Kier molecular flexibility index (Phi) is 4.20. The zero-order valence-electron chi connectivity index (χ0n) is 11.9. The van der Waals surface area contributed by atoms with Crippen molar-refractivity contribution in [1.29, 1.82) is 0 Å². The van der Waals surface area contributed by atoms with Gasteiger partial charge in [-0.2, -0.15) is 0 Å². The summed E-state index contributed by atoms with van der Waals surface area (Å²) in [5.41, 5.74) is 4.06. The Hall–Kier alpha value is -2.38. The number of sulfonamides is 1. The van der Waals surface area contributed by atoms with Gasteiger partial charge in [-0.15, -0.1) is 0 Å². The number of nitrogens with two attached hydrogens (primary N) is 1. The van der Waals surface area contributed by atoms with Crippen LogP contribution in [-0.2, 0) is 20.4 Å². The fourth-order valence-electron chi connectivity index (χ4n) is 2.15. The van der Waals surface area contributed by atoms with Crippen molar-refractivity contribution in [1.82, 2.24) is 0 Å². The molecule has 0 heterocycles. The summed E-state index contributed by atoms with van der Waals surface area (Å²) in [6, 6.07) is 14.1. The molecule has 1 unspecified atom stereocenters. The van der Waals surface area contributed by atoms with E-state index in [1.54, 1.807) is 30.3 Å². The molecule has 0 aliphatic heterocycles. The van der Waals surface area contributed by atoms with Gasteiger partial charge in [0.15, 0.2) is 5.60 Å². The first kappa shape index (κ1) is 16.0. The highest BCUT2D eigenvalue weighted by molar-refractivity contribution is 7.92. The zero-order chi connectivity index (χ0) is 16.4. The molecule has 0 bridgehead atoms. The van der Waals surface area contributed by atoms with Crippen LogP contribution in [0.4, 0.5) is 5.69 Å². The molecular formula is C15H16N2O4S. The fraction of sp³-hybridized carbons (Fsp3) is 0.133. The number of primary amides is 1. The second-order valence-electron chi connectivity index (χ2n) is 4.90. The van der Waals surface area contributed by atoms with Crippen LogP contribution in [0.15, 0.2) is 54.6 Å². The van der Waals surface area contributed by atoms with Gasteiger partial charge in [-0.05, 0) is 23.3 Å². The van der Waals surface area contributed by atoms with Crippen molar-refractivity contribution in [2.45, 2.75) is 5.60 Å². The topological polar surface area (TPSA) is 109 Å². The highest BCUT2D eigenvalue weighted by Gasteiger charge is 2.38. The Morgan fingerprint density at radius 2 is 1.68 bits per heavy atom. The maximum atomic E-state index is 11.9. The van der Waals surface area contributed by atoms with Gasteiger partial charge in [0.1, 0.15) is 0 Å². The van der Waals surface area contributed by atoms with Crippen LogP contribution in [0.25, 0.3) is 0 Å². The lowest BCUT2D eigenvalue weighted by molar-refractivity contribution is -0.133. The molecule has 2 aromatic rings. The van der Waals surface area contributed by atoms with E-state index >= 15 is 0 Å². The minimum atomic E-state index is -3.47. The summed E-state index contributed by atoms with van der Waals surface area (Å²) in [5, 5.41) is 10.8. The SMILES string of the molecule is CS(=O)(=O)Nc1cccc(C(O)(C(N)=O)c2ccccc2)c1. The van der Waals surface area contributed by atoms with Crippen molar-refractivity contribution in [3.05, 3.63) is 65.7 Å². The van der Waals surface area contributed by atoms with E-state index in [1.807, 2.05) is 0 Å². The number of benzene rings is 2. The molecule has 0 saturated carbocycles. The van der Waals surface area contributed by atoms with Crippen LogP contribution in [0.5, 0.6) is 0 Å². The number of carbonyl (C=O) groups is 1. The molecule has 22 heavy (non-hydrogen) atoms. The predicted molar refractivity (Wildman–Crippen MR) is 83.5 cm³/mol. The van der Waals surface area contributed by atoms with Gasteiger partial charge >= 0.3 is 0 Å². The van der Waals surface area contributed by atoms with E-state index in [4.69, 9.17) is 5.73 Å². The summed E-state index contributed by atoms with van der Waals surface area (Å²) >= 11 is 0. The molecule has 4 N–H and O–H groups in total. The first-order valence-corrected chi connectivity index (χ1v) is 8.29. The lowest BCUT2D eigenvalue weighted by Gasteiger charge is -2.26. The summed E-state index contributed by atoms with van der Waals surface area (Å²) in [5.74, 6) is -0.949. The number of nitrogens with one attached hydrogen (secondary N) is 1. The first-order chi connectivity index (χ1) is 10.2. The minimum absolute atomic E-state index is 0.180. The number of amides is 1. The third-order valence-corrected chi connectivity index (χ3v) is 3.74. The third-order valence-electron chi connectivity index (χ3n) is 3.13. The predicted octanol–water partition coefficient (Wildman–Crippen LogP) is 0.779. The van der Waals surface area contributed by atoms with Gasteiger partial charge in [0.05, 0.1) is 6.26 Å². The molecular weight excluding hydrogens is 304 g/mol. The van der Waals surface area contributed by atoms with Crippen LogP contribution in [0.1, 0.15) is 11.1 Å². The van der Waals surface area contributed by atoms with Crippen molar-refractivity contribution in [3.8, 4) is 0 Å². The van der Waals surface area contributed by atoms with E-state index in [1.165, 1.54) is 24.3 Å². The molecule has 0 aliphatic rings. The Bertz CT molecular complexity index is 790. The Morgan fingerprint density at radius 1 is 1.09 bits per heavy atom. The van der Waals surface area contributed by atoms with Gasteiger partial charge in [-0.3, -0.25) is 9.52 Å². The normalized spacial score (nSPS) is 14.1. The van der Waals surface area contributed by atoms with Crippen LogP contribution in [0.3, 0.4) is 0 Å². The van der Waals surface area contributed by atoms with Crippen molar-refractivity contribution < 1.29 is 18.3 Å². The van der Waals surface area contributed by atoms with E-state index in [0.717, 1.165) is 6.26 Å². The highest BCUT2D eigenvalue weighted by Crippen LogP contribution is 2.31. The molecule has 7 heteroatoms. The van der Waals surface area contributed by atoms with Gasteiger partial charge < -0.3 is 10.8 Å². The number of carbonyl (C=O) groups excluding carboxylic acids is 1. The van der Waals surface area contributed by atoms with E-state index < -0.39 is 21.5 Å². The third kappa shape index (κ3) is 3.26. The van der Waals surface area contributed by atoms with Crippen LogP contribution in [0.2, 0.25) is 0 Å². The lowest BCUT2D eigenvalue weighted by atomic mass is 9.85. The maximum Gasteiger partial charge on any atom is 0.258 e. The molecule has 2 aromatic carbocycles. The van der Waals surface area contributed by atoms with Crippen LogP contribution >= 0.6 is 0 Å². The summed E-state index contributed by atoms with van der Waals surface area (Å²) in [6.45, 7) is 0. The van der Waals surface area contributed by atoms with Crippen molar-refractivity contribution in [2.75, 3.05) is 11.0 Å². The molecule has 0 saturated heterocycles. The number of anilines is 1. The summed E-state index contributed by atoms with van der Waals surface area (Å²) < 4.78 is 24.9. The number of rotatable bonds is 5. The molecule has 2 rings (SSSR count). The van der Waals surface area contributed by atoms with Crippen LogP contribution in [0, 0.1) is 0 Å². The van der Waals surface area contributed by atoms with E-state index in [9.17, 15) is 18.3 Å². The highest BCUT2D eigenvalue weighted by atomic mass is 32.2. The first-order valence-electron chi connectivity index (χ1n) is 6.39. The summed E-state index contributed by atoms with van der Waals surface area (Å²) in [6.07, 6.45) is 1.01. The molecule has 116 valence electrons. The Labute approximate surface area is 128 Å². The molecule has 1 amide bonds. The standard InChI is InChI=1S/C15H16N2O4S/c1-22(20,21)17-13-9-5-8-12(10-13)15(19,14(16)18)11-6-3-2-4-7-11/h2-10,17,19H,1H3,(H2,16,18). The van der Waals surface area contributed by atoms with Gasteiger partial charge in [-0.25, -0.2) is 8.42 Å². The second-order valence-corrected chi connectivity index (χ2v) is 6.64. The molecule has 0 radical (unpaired) electrons. The average Bonchev–Trinajstić information content (AvgIpc) is 2.45. The number of hydrogen-bond donors (Lipinski definition) is 3. The molecule has 0 fully saturated rings. The van der Waals surface area contributed by atoms with Crippen molar-refractivity contribution in [3.63, 3.8) is 0 Å². The molecule has 6 nitrogen and oxygen atoms in total. The van der Waals surface area contributed by atoms with Crippen LogP contribution < -0.4 is 10.5 Å². The van der Waals surface area contributed by atoms with E-state index in [2.05, 4.69) is 4.72 Å². The molecule has 1 atom stereocenters. The largest absolute Gasteiger partial charge is 0.372 e. The van der Waals surface area contributed by atoms with Crippen LogP contribution in [-0.4, -0.2) is 25.7 Å². The van der Waals surface area contributed by atoms with E-state index in [-0.39, 0.29) is 11.3 Å². The van der Waals surface area contributed by atoms with Crippen molar-refractivity contribution in [2.24, 2.45) is 5.73 Å². The number of aliphatic hydroxyl groups is 1. The quantitative estimate of drug-likeness (QED) is 0.756. The fourth-order valence-corrected chi connectivity index (χ4v) is 2.71. The number of hydrogen-bond acceptors (Lipinski definition) is 4. The lowest BCUT2D eigenvalue weighted by Crippen LogP contribution is -2.42. The van der Waals surface area contributed by atoms with Gasteiger partial charge in [0.2, 0.25) is 10.0 Å². The average molecular weight is 320 g/mol. The Balaban J connectivity index is 2.55. The minimum Gasteiger partial charge on any atom is -0.372 e. The van der Waals surface area contributed by atoms with Gasteiger partial charge in [-0.1, -0.05) is 42.5 Å². The molecule has 0 aliphatic carbocycles.